The Balaban J connectivity index is 2.94. The zero-order valence-electron chi connectivity index (χ0n) is 9.13. The van der Waals surface area contributed by atoms with Crippen LogP contribution in [0.25, 0.3) is 0 Å². The highest BCUT2D eigenvalue weighted by atomic mass is 16.5. The predicted molar refractivity (Wildman–Crippen MR) is 52.8 cm³/mol. The number of rotatable bonds is 4. The van der Waals surface area contributed by atoms with E-state index in [0.29, 0.717) is 6.42 Å². The van der Waals surface area contributed by atoms with Crippen LogP contribution in [0.5, 0.6) is 0 Å². The van der Waals surface area contributed by atoms with Gasteiger partial charge < -0.3 is 4.74 Å². The lowest BCUT2D eigenvalue weighted by molar-refractivity contribution is -0.150. The first-order valence-corrected chi connectivity index (χ1v) is 5.30. The summed E-state index contributed by atoms with van der Waals surface area (Å²) in [5, 5.41) is 0. The van der Waals surface area contributed by atoms with Crippen LogP contribution >= 0.6 is 0 Å². The first-order chi connectivity index (χ1) is 6.59. The van der Waals surface area contributed by atoms with Crippen LogP contribution in [-0.4, -0.2) is 18.4 Å². The Morgan fingerprint density at radius 2 is 2.07 bits per heavy atom. The molecule has 0 bridgehead atoms. The maximum absolute atomic E-state index is 11.7. The van der Waals surface area contributed by atoms with E-state index >= 15 is 0 Å². The molecule has 0 saturated carbocycles. The Hall–Kier alpha value is -0.860. The molecule has 0 radical (unpaired) electrons. The second-order valence-electron chi connectivity index (χ2n) is 4.01. The highest BCUT2D eigenvalue weighted by Gasteiger charge is 2.53. The van der Waals surface area contributed by atoms with Gasteiger partial charge in [-0.15, -0.1) is 0 Å². The van der Waals surface area contributed by atoms with Gasteiger partial charge >= 0.3 is 5.97 Å². The summed E-state index contributed by atoms with van der Waals surface area (Å²) in [4.78, 5) is 23.3. The predicted octanol–water partition coefficient (Wildman–Crippen LogP) is 1.94. The third-order valence-electron chi connectivity index (χ3n) is 3.32. The van der Waals surface area contributed by atoms with Crippen molar-refractivity contribution in [3.05, 3.63) is 0 Å². The molecule has 2 unspecified atom stereocenters. The molecule has 0 N–H and O–H groups in total. The number of Topliss-reactive ketones (excluding diaryl/α,β-unsaturated/α-hetero) is 1. The van der Waals surface area contributed by atoms with Crippen molar-refractivity contribution in [2.75, 3.05) is 6.61 Å². The summed E-state index contributed by atoms with van der Waals surface area (Å²) in [5.41, 5.74) is -0.837. The van der Waals surface area contributed by atoms with Gasteiger partial charge in [0.05, 0.1) is 0 Å². The molecular formula is C11H18O3. The second kappa shape index (κ2) is 4.11. The van der Waals surface area contributed by atoms with Gasteiger partial charge in [0.15, 0.2) is 12.4 Å². The molecule has 0 aliphatic carbocycles. The lowest BCUT2D eigenvalue weighted by atomic mass is 9.70. The van der Waals surface area contributed by atoms with Gasteiger partial charge in [-0.1, -0.05) is 27.2 Å². The SMILES string of the molecule is CCCC(C)C1(CC)C(=O)COC1=O. The minimum Gasteiger partial charge on any atom is -0.457 e. The van der Waals surface area contributed by atoms with Crippen LogP contribution in [0, 0.1) is 11.3 Å². The molecule has 0 aromatic heterocycles. The molecule has 1 fully saturated rings. The fourth-order valence-electron chi connectivity index (χ4n) is 2.35. The number of ether oxygens (including phenoxy) is 1. The van der Waals surface area contributed by atoms with Gasteiger partial charge in [0, 0.05) is 0 Å². The molecule has 80 valence electrons. The van der Waals surface area contributed by atoms with E-state index in [4.69, 9.17) is 4.74 Å². The van der Waals surface area contributed by atoms with E-state index in [1.54, 1.807) is 0 Å². The number of carbonyl (C=O) groups excluding carboxylic acids is 2. The van der Waals surface area contributed by atoms with E-state index in [2.05, 4.69) is 6.92 Å². The molecule has 2 atom stereocenters. The van der Waals surface area contributed by atoms with E-state index in [1.165, 1.54) is 0 Å². The van der Waals surface area contributed by atoms with Gasteiger partial charge in [0.25, 0.3) is 0 Å². The summed E-state index contributed by atoms with van der Waals surface area (Å²) in [6.45, 7) is 5.89. The molecule has 1 aliphatic rings. The maximum atomic E-state index is 11.7. The Kier molecular flexibility index (Phi) is 3.29. The number of hydrogen-bond acceptors (Lipinski definition) is 3. The molecule has 14 heavy (non-hydrogen) atoms. The first-order valence-electron chi connectivity index (χ1n) is 5.30. The first kappa shape index (κ1) is 11.2. The van der Waals surface area contributed by atoms with Gasteiger partial charge in [-0.25, -0.2) is 0 Å². The third-order valence-corrected chi connectivity index (χ3v) is 3.32. The van der Waals surface area contributed by atoms with Crippen LogP contribution in [-0.2, 0) is 14.3 Å². The highest BCUT2D eigenvalue weighted by molar-refractivity contribution is 6.09. The van der Waals surface area contributed by atoms with Crippen molar-refractivity contribution in [1.29, 1.82) is 0 Å². The van der Waals surface area contributed by atoms with E-state index in [-0.39, 0.29) is 24.3 Å². The van der Waals surface area contributed by atoms with Gasteiger partial charge in [-0.2, -0.15) is 0 Å². The van der Waals surface area contributed by atoms with Crippen molar-refractivity contribution >= 4 is 11.8 Å². The summed E-state index contributed by atoms with van der Waals surface area (Å²) < 4.78 is 4.85. The molecule has 0 aromatic carbocycles. The highest BCUT2D eigenvalue weighted by Crippen LogP contribution is 2.40. The Morgan fingerprint density at radius 3 is 2.43 bits per heavy atom. The molecule has 1 heterocycles. The van der Waals surface area contributed by atoms with Crippen LogP contribution in [0.1, 0.15) is 40.0 Å². The Bertz CT molecular complexity index is 229. The quantitative estimate of drug-likeness (QED) is 0.512. The Labute approximate surface area is 84.8 Å². The standard InChI is InChI=1S/C11H18O3/c1-4-6-8(3)11(5-2)9(12)7-14-10(11)13/h8H,4-7H2,1-3H3. The number of esters is 1. The molecule has 0 amide bonds. The molecule has 1 saturated heterocycles. The van der Waals surface area contributed by atoms with Gasteiger partial charge in [-0.3, -0.25) is 9.59 Å². The molecule has 0 aromatic rings. The average molecular weight is 198 g/mol. The average Bonchev–Trinajstić information content (AvgIpc) is 2.44. The van der Waals surface area contributed by atoms with Crippen molar-refractivity contribution in [3.63, 3.8) is 0 Å². The fourth-order valence-corrected chi connectivity index (χ4v) is 2.35. The van der Waals surface area contributed by atoms with E-state index < -0.39 is 5.41 Å². The molecular weight excluding hydrogens is 180 g/mol. The van der Waals surface area contributed by atoms with Crippen LogP contribution in [0.4, 0.5) is 0 Å². The van der Waals surface area contributed by atoms with Crippen molar-refractivity contribution < 1.29 is 14.3 Å². The normalized spacial score (nSPS) is 29.1. The lowest BCUT2D eigenvalue weighted by Crippen LogP contribution is -2.39. The van der Waals surface area contributed by atoms with Crippen molar-refractivity contribution in [3.8, 4) is 0 Å². The largest absolute Gasteiger partial charge is 0.457 e. The number of carbonyl (C=O) groups is 2. The van der Waals surface area contributed by atoms with Gasteiger partial charge in [-0.05, 0) is 18.8 Å². The van der Waals surface area contributed by atoms with Crippen molar-refractivity contribution in [1.82, 2.24) is 0 Å². The zero-order valence-corrected chi connectivity index (χ0v) is 9.13. The van der Waals surface area contributed by atoms with E-state index in [0.717, 1.165) is 12.8 Å². The molecule has 1 aliphatic heterocycles. The number of ketones is 1. The topological polar surface area (TPSA) is 43.4 Å². The minimum absolute atomic E-state index is 0.0271. The van der Waals surface area contributed by atoms with Crippen LogP contribution in [0.3, 0.4) is 0 Å². The molecule has 3 nitrogen and oxygen atoms in total. The van der Waals surface area contributed by atoms with Crippen molar-refractivity contribution in [2.45, 2.75) is 40.0 Å². The third kappa shape index (κ3) is 1.45. The molecule has 3 heteroatoms. The monoisotopic (exact) mass is 198 g/mol. The zero-order chi connectivity index (χ0) is 10.8. The lowest BCUT2D eigenvalue weighted by Gasteiger charge is -2.28. The minimum atomic E-state index is -0.837. The second-order valence-corrected chi connectivity index (χ2v) is 4.01. The summed E-state index contributed by atoms with van der Waals surface area (Å²) in [6.07, 6.45) is 2.45. The molecule has 0 spiro atoms. The summed E-state index contributed by atoms with van der Waals surface area (Å²) >= 11 is 0. The van der Waals surface area contributed by atoms with Gasteiger partial charge in [0.2, 0.25) is 0 Å². The summed E-state index contributed by atoms with van der Waals surface area (Å²) in [6, 6.07) is 0. The molecule has 1 rings (SSSR count). The summed E-state index contributed by atoms with van der Waals surface area (Å²) in [7, 11) is 0. The number of cyclic esters (lactones) is 1. The summed E-state index contributed by atoms with van der Waals surface area (Å²) in [5.74, 6) is -0.253. The van der Waals surface area contributed by atoms with Crippen LogP contribution in [0.15, 0.2) is 0 Å². The smallest absolute Gasteiger partial charge is 0.320 e. The maximum Gasteiger partial charge on any atom is 0.320 e. The van der Waals surface area contributed by atoms with Crippen LogP contribution in [0.2, 0.25) is 0 Å². The van der Waals surface area contributed by atoms with Gasteiger partial charge in [0.1, 0.15) is 5.41 Å². The fraction of sp³-hybridized carbons (Fsp3) is 0.818. The van der Waals surface area contributed by atoms with E-state index in [9.17, 15) is 9.59 Å². The number of hydrogen-bond donors (Lipinski definition) is 0. The van der Waals surface area contributed by atoms with Crippen LogP contribution < -0.4 is 0 Å². The van der Waals surface area contributed by atoms with Crippen molar-refractivity contribution in [2.24, 2.45) is 11.3 Å². The van der Waals surface area contributed by atoms with E-state index in [1.807, 2.05) is 13.8 Å². The Morgan fingerprint density at radius 1 is 1.43 bits per heavy atom.